The number of hydrogen-bond acceptors (Lipinski definition) is 3. The minimum absolute atomic E-state index is 0.0851. The van der Waals surface area contributed by atoms with Crippen molar-refractivity contribution in [3.8, 4) is 0 Å². The van der Waals surface area contributed by atoms with Crippen LogP contribution in [-0.4, -0.2) is 38.1 Å². The Morgan fingerprint density at radius 2 is 1.80 bits per heavy atom. The maximum Gasteiger partial charge on any atom is 0.251 e. The maximum atomic E-state index is 11.8. The van der Waals surface area contributed by atoms with Gasteiger partial charge in [-0.15, -0.1) is 0 Å². The summed E-state index contributed by atoms with van der Waals surface area (Å²) in [6, 6.07) is 7.15. The van der Waals surface area contributed by atoms with Gasteiger partial charge in [-0.2, -0.15) is 0 Å². The van der Waals surface area contributed by atoms with Crippen molar-refractivity contribution >= 4 is 27.7 Å². The summed E-state index contributed by atoms with van der Waals surface area (Å²) in [6.45, 7) is 3.49. The van der Waals surface area contributed by atoms with Gasteiger partial charge in [-0.3, -0.25) is 9.59 Å². The van der Waals surface area contributed by atoms with Gasteiger partial charge < -0.3 is 15.4 Å². The minimum atomic E-state index is -0.133. The van der Waals surface area contributed by atoms with Crippen LogP contribution in [0.25, 0.3) is 0 Å². The fraction of sp³-hybridized carbons (Fsp3) is 0.429. The Morgan fingerprint density at radius 1 is 1.15 bits per heavy atom. The summed E-state index contributed by atoms with van der Waals surface area (Å²) in [4.78, 5) is 23.0. The first-order valence-corrected chi connectivity index (χ1v) is 7.31. The third-order valence-electron chi connectivity index (χ3n) is 2.50. The van der Waals surface area contributed by atoms with E-state index >= 15 is 0 Å². The number of rotatable bonds is 8. The van der Waals surface area contributed by atoms with Crippen molar-refractivity contribution in [1.82, 2.24) is 10.6 Å². The molecule has 2 amide bonds. The Bertz CT molecular complexity index is 435. The molecule has 0 spiro atoms. The van der Waals surface area contributed by atoms with E-state index in [-0.39, 0.29) is 18.4 Å². The fourth-order valence-electron chi connectivity index (χ4n) is 1.47. The first-order chi connectivity index (χ1) is 9.63. The average Bonchev–Trinajstić information content (AvgIpc) is 2.45. The number of ether oxygens (including phenoxy) is 1. The first-order valence-electron chi connectivity index (χ1n) is 6.51. The molecule has 0 atom stereocenters. The summed E-state index contributed by atoms with van der Waals surface area (Å²) in [5.41, 5.74) is 0.619. The molecule has 1 aromatic rings. The van der Waals surface area contributed by atoms with Crippen molar-refractivity contribution in [1.29, 1.82) is 0 Å². The summed E-state index contributed by atoms with van der Waals surface area (Å²) < 4.78 is 5.91. The quantitative estimate of drug-likeness (QED) is 0.707. The predicted octanol–water partition coefficient (Wildman–Crippen LogP) is 1.72. The number of nitrogens with one attached hydrogen (secondary N) is 2. The maximum absolute atomic E-state index is 11.8. The smallest absolute Gasteiger partial charge is 0.251 e. The van der Waals surface area contributed by atoms with E-state index in [1.165, 1.54) is 0 Å². The van der Waals surface area contributed by atoms with Crippen LogP contribution in [-0.2, 0) is 9.53 Å². The second-order valence-corrected chi connectivity index (χ2v) is 5.02. The molecular formula is C14H19BrN2O3. The lowest BCUT2D eigenvalue weighted by Gasteiger charge is -2.07. The largest absolute Gasteiger partial charge is 0.372 e. The molecule has 0 radical (unpaired) electrons. The van der Waals surface area contributed by atoms with Crippen molar-refractivity contribution in [3.63, 3.8) is 0 Å². The molecule has 0 aliphatic carbocycles. The molecule has 5 nitrogen and oxygen atoms in total. The molecular weight excluding hydrogens is 324 g/mol. The average molecular weight is 343 g/mol. The Hall–Kier alpha value is -1.40. The summed E-state index contributed by atoms with van der Waals surface area (Å²) in [5, 5.41) is 5.52. The lowest BCUT2D eigenvalue weighted by atomic mass is 10.2. The van der Waals surface area contributed by atoms with Gasteiger partial charge in [-0.05, 0) is 37.6 Å². The molecule has 0 fully saturated rings. The highest BCUT2D eigenvalue weighted by Crippen LogP contribution is 2.10. The van der Waals surface area contributed by atoms with Gasteiger partial charge in [0.1, 0.15) is 6.61 Å². The highest BCUT2D eigenvalue weighted by atomic mass is 79.9. The summed E-state index contributed by atoms with van der Waals surface area (Å²) in [5.74, 6) is -0.246. The van der Waals surface area contributed by atoms with Gasteiger partial charge in [-0.1, -0.05) is 15.9 Å². The van der Waals surface area contributed by atoms with Crippen LogP contribution < -0.4 is 10.6 Å². The predicted molar refractivity (Wildman–Crippen MR) is 80.6 cm³/mol. The molecule has 0 saturated carbocycles. The van der Waals surface area contributed by atoms with E-state index in [0.717, 1.165) is 4.47 Å². The fourth-order valence-corrected chi connectivity index (χ4v) is 1.73. The zero-order valence-electron chi connectivity index (χ0n) is 11.4. The number of benzene rings is 1. The van der Waals surface area contributed by atoms with Crippen molar-refractivity contribution in [3.05, 3.63) is 34.3 Å². The number of amides is 2. The van der Waals surface area contributed by atoms with E-state index in [0.29, 0.717) is 31.7 Å². The standard InChI is InChI=1S/C14H19BrN2O3/c1-2-20-10-13(18)16-8-3-9-17-14(19)11-4-6-12(15)7-5-11/h4-7H,2-3,8-10H2,1H3,(H,16,18)(H,17,19). The van der Waals surface area contributed by atoms with Crippen LogP contribution in [0.3, 0.4) is 0 Å². The van der Waals surface area contributed by atoms with E-state index in [2.05, 4.69) is 26.6 Å². The first kappa shape index (κ1) is 16.7. The normalized spacial score (nSPS) is 10.1. The molecule has 6 heteroatoms. The lowest BCUT2D eigenvalue weighted by molar-refractivity contribution is -0.125. The summed E-state index contributed by atoms with van der Waals surface area (Å²) in [6.07, 6.45) is 0.681. The molecule has 0 saturated heterocycles. The van der Waals surface area contributed by atoms with Crippen molar-refractivity contribution in [2.24, 2.45) is 0 Å². The molecule has 110 valence electrons. The molecule has 2 N–H and O–H groups in total. The Balaban J connectivity index is 2.13. The monoisotopic (exact) mass is 342 g/mol. The minimum Gasteiger partial charge on any atom is -0.372 e. The van der Waals surface area contributed by atoms with Gasteiger partial charge in [-0.25, -0.2) is 0 Å². The Morgan fingerprint density at radius 3 is 2.45 bits per heavy atom. The van der Waals surface area contributed by atoms with Gasteiger partial charge in [0.25, 0.3) is 5.91 Å². The van der Waals surface area contributed by atoms with Crippen LogP contribution in [0.15, 0.2) is 28.7 Å². The number of carbonyl (C=O) groups is 2. The zero-order valence-corrected chi connectivity index (χ0v) is 13.0. The Labute approximate surface area is 127 Å². The number of halogens is 1. The molecule has 0 bridgehead atoms. The highest BCUT2D eigenvalue weighted by molar-refractivity contribution is 9.10. The van der Waals surface area contributed by atoms with Gasteiger partial charge >= 0.3 is 0 Å². The topological polar surface area (TPSA) is 67.4 Å². The second kappa shape index (κ2) is 9.50. The lowest BCUT2D eigenvalue weighted by Crippen LogP contribution is -2.31. The van der Waals surface area contributed by atoms with Crippen LogP contribution in [0.4, 0.5) is 0 Å². The molecule has 0 aliphatic heterocycles. The van der Waals surface area contributed by atoms with Crippen LogP contribution in [0.5, 0.6) is 0 Å². The van der Waals surface area contributed by atoms with E-state index in [9.17, 15) is 9.59 Å². The van der Waals surface area contributed by atoms with Crippen LogP contribution in [0.2, 0.25) is 0 Å². The van der Waals surface area contributed by atoms with Crippen LogP contribution in [0.1, 0.15) is 23.7 Å². The van der Waals surface area contributed by atoms with Crippen molar-refractivity contribution < 1.29 is 14.3 Å². The summed E-state index contributed by atoms with van der Waals surface area (Å²) in [7, 11) is 0. The van der Waals surface area contributed by atoms with E-state index in [1.807, 2.05) is 19.1 Å². The van der Waals surface area contributed by atoms with Crippen LogP contribution in [0, 0.1) is 0 Å². The molecule has 0 aromatic heterocycles. The summed E-state index contributed by atoms with van der Waals surface area (Å²) >= 11 is 3.32. The van der Waals surface area contributed by atoms with E-state index < -0.39 is 0 Å². The van der Waals surface area contributed by atoms with Gasteiger partial charge in [0.05, 0.1) is 0 Å². The molecule has 1 rings (SSSR count). The van der Waals surface area contributed by atoms with Gasteiger partial charge in [0.15, 0.2) is 0 Å². The molecule has 0 aliphatic rings. The second-order valence-electron chi connectivity index (χ2n) is 4.10. The van der Waals surface area contributed by atoms with Crippen molar-refractivity contribution in [2.75, 3.05) is 26.3 Å². The molecule has 1 aromatic carbocycles. The third kappa shape index (κ3) is 6.68. The SMILES string of the molecule is CCOCC(=O)NCCCNC(=O)c1ccc(Br)cc1. The van der Waals surface area contributed by atoms with Gasteiger partial charge in [0.2, 0.25) is 5.91 Å². The Kier molecular flexibility index (Phi) is 7.91. The van der Waals surface area contributed by atoms with E-state index in [1.54, 1.807) is 12.1 Å². The highest BCUT2D eigenvalue weighted by Gasteiger charge is 2.04. The third-order valence-corrected chi connectivity index (χ3v) is 3.03. The zero-order chi connectivity index (χ0) is 14.8. The molecule has 20 heavy (non-hydrogen) atoms. The molecule has 0 heterocycles. The van der Waals surface area contributed by atoms with Crippen molar-refractivity contribution in [2.45, 2.75) is 13.3 Å². The van der Waals surface area contributed by atoms with Gasteiger partial charge in [0, 0.05) is 29.7 Å². The van der Waals surface area contributed by atoms with E-state index in [4.69, 9.17) is 4.74 Å². The van der Waals surface area contributed by atoms with Crippen LogP contribution >= 0.6 is 15.9 Å². The molecule has 0 unspecified atom stereocenters. The number of hydrogen-bond donors (Lipinski definition) is 2. The number of carbonyl (C=O) groups excluding carboxylic acids is 2.